The van der Waals surface area contributed by atoms with E-state index in [2.05, 4.69) is 31.9 Å². The van der Waals surface area contributed by atoms with Crippen molar-refractivity contribution in [3.05, 3.63) is 35.9 Å². The molecule has 6 amide bonds. The lowest BCUT2D eigenvalue weighted by atomic mass is 10.0. The van der Waals surface area contributed by atoms with Crippen LogP contribution in [0, 0.1) is 11.8 Å². The Balaban J connectivity index is 3.07. The molecule has 0 bridgehead atoms. The normalized spacial score (nSPS) is 14.4. The van der Waals surface area contributed by atoms with E-state index in [9.17, 15) is 48.6 Å². The van der Waals surface area contributed by atoms with Crippen molar-refractivity contribution in [3.8, 4) is 0 Å². The van der Waals surface area contributed by atoms with Gasteiger partial charge in [0.2, 0.25) is 35.4 Å². The standard InChI is InChI=1S/C34H53N7O11S/c1-18(2)13-23(30(47)38-22(34(51)52)11-12-53-5)37-26(43)16-36-33(50)28(19(3)4)41-31(48)24(14-20-9-7-6-8-10-20)39-32(49)25(17-42)40-29(46)21(35)15-27(44)45/h6-10,18-19,21-25,28,42H,11-17,35H2,1-5H3,(H,36,50)(H,37,43)(H,38,47)(H,39,49)(H,40,46)(H,41,48)(H,44,45)(H,51,52)/t21-,22-,23-,24-,25-,28-/m0/s1. The first-order chi connectivity index (χ1) is 24.9. The summed E-state index contributed by atoms with van der Waals surface area (Å²) < 4.78 is 0. The monoisotopic (exact) mass is 767 g/mol. The number of amides is 6. The highest BCUT2D eigenvalue weighted by molar-refractivity contribution is 7.98. The van der Waals surface area contributed by atoms with Gasteiger partial charge in [-0.25, -0.2) is 4.79 Å². The molecule has 18 nitrogen and oxygen atoms in total. The number of aliphatic carboxylic acids is 2. The largest absolute Gasteiger partial charge is 0.481 e. The Labute approximate surface area is 312 Å². The second kappa shape index (κ2) is 23.7. The van der Waals surface area contributed by atoms with E-state index in [0.29, 0.717) is 11.3 Å². The average Bonchev–Trinajstić information content (AvgIpc) is 3.08. The lowest BCUT2D eigenvalue weighted by molar-refractivity contribution is -0.142. The molecule has 6 atom stereocenters. The number of carbonyl (C=O) groups is 8. The van der Waals surface area contributed by atoms with Gasteiger partial charge in [0.25, 0.3) is 0 Å². The number of benzene rings is 1. The van der Waals surface area contributed by atoms with Crippen molar-refractivity contribution in [1.29, 1.82) is 0 Å². The predicted octanol–water partition coefficient (Wildman–Crippen LogP) is -1.90. The number of aliphatic hydroxyl groups is 1. The summed E-state index contributed by atoms with van der Waals surface area (Å²) in [5.74, 6) is -7.64. The van der Waals surface area contributed by atoms with E-state index in [1.165, 1.54) is 11.8 Å². The molecule has 11 N–H and O–H groups in total. The molecule has 0 aliphatic rings. The minimum absolute atomic E-state index is 0.0570. The molecule has 0 saturated heterocycles. The van der Waals surface area contributed by atoms with Crippen LogP contribution in [0.15, 0.2) is 30.3 Å². The van der Waals surface area contributed by atoms with E-state index >= 15 is 0 Å². The lowest BCUT2D eigenvalue weighted by Crippen LogP contribution is -2.60. The molecule has 0 aliphatic carbocycles. The van der Waals surface area contributed by atoms with E-state index in [0.717, 1.165) is 0 Å². The molecule has 0 aliphatic heterocycles. The van der Waals surface area contributed by atoms with Crippen molar-refractivity contribution in [3.63, 3.8) is 0 Å². The Bertz CT molecular complexity index is 1410. The number of hydrogen-bond acceptors (Lipinski definition) is 11. The van der Waals surface area contributed by atoms with Crippen molar-refractivity contribution in [1.82, 2.24) is 31.9 Å². The van der Waals surface area contributed by atoms with Gasteiger partial charge in [-0.3, -0.25) is 33.6 Å². The summed E-state index contributed by atoms with van der Waals surface area (Å²) in [7, 11) is 0. The maximum absolute atomic E-state index is 13.6. The van der Waals surface area contributed by atoms with Gasteiger partial charge >= 0.3 is 11.9 Å². The molecule has 0 radical (unpaired) electrons. The SMILES string of the molecule is CSCC[C@H](NC(=O)[C@H](CC(C)C)NC(=O)CNC(=O)[C@@H](NC(=O)[C@H](Cc1ccccc1)NC(=O)[C@H](CO)NC(=O)[C@@H](N)CC(=O)O)C(C)C)C(=O)O. The third kappa shape index (κ3) is 17.5. The molecule has 19 heteroatoms. The van der Waals surface area contributed by atoms with E-state index < -0.39 is 109 Å². The smallest absolute Gasteiger partial charge is 0.326 e. The number of rotatable bonds is 24. The van der Waals surface area contributed by atoms with Crippen LogP contribution in [0.5, 0.6) is 0 Å². The molecule has 0 spiro atoms. The maximum atomic E-state index is 13.6. The number of nitrogens with two attached hydrogens (primary N) is 1. The molecule has 53 heavy (non-hydrogen) atoms. The van der Waals surface area contributed by atoms with Crippen LogP contribution in [-0.2, 0) is 44.8 Å². The van der Waals surface area contributed by atoms with Crippen LogP contribution in [-0.4, -0.2) is 124 Å². The highest BCUT2D eigenvalue weighted by atomic mass is 32.2. The summed E-state index contributed by atoms with van der Waals surface area (Å²) in [6, 6.07) is 0.631. The van der Waals surface area contributed by atoms with Gasteiger partial charge in [-0.2, -0.15) is 11.8 Å². The van der Waals surface area contributed by atoms with Gasteiger partial charge in [-0.1, -0.05) is 58.0 Å². The quantitative estimate of drug-likeness (QED) is 0.0551. The summed E-state index contributed by atoms with van der Waals surface area (Å²) in [5, 5.41) is 42.8. The zero-order chi connectivity index (χ0) is 40.2. The topological polar surface area (TPSA) is 295 Å². The van der Waals surface area contributed by atoms with Crippen molar-refractivity contribution in [2.24, 2.45) is 17.6 Å². The molecule has 296 valence electrons. The van der Waals surface area contributed by atoms with Crippen LogP contribution in [0.4, 0.5) is 0 Å². The van der Waals surface area contributed by atoms with E-state index in [-0.39, 0.29) is 25.2 Å². The minimum atomic E-state index is -1.59. The van der Waals surface area contributed by atoms with Crippen molar-refractivity contribution >= 4 is 59.1 Å². The number of hydrogen-bond donors (Lipinski definition) is 10. The molecule has 1 aromatic rings. The van der Waals surface area contributed by atoms with Crippen LogP contribution < -0.4 is 37.6 Å². The van der Waals surface area contributed by atoms with Crippen LogP contribution >= 0.6 is 11.8 Å². The maximum Gasteiger partial charge on any atom is 0.326 e. The zero-order valence-corrected chi connectivity index (χ0v) is 31.4. The molecule has 0 saturated carbocycles. The summed E-state index contributed by atoms with van der Waals surface area (Å²) in [6.45, 7) is 5.41. The summed E-state index contributed by atoms with van der Waals surface area (Å²) in [4.78, 5) is 101. The highest BCUT2D eigenvalue weighted by Gasteiger charge is 2.32. The fraction of sp³-hybridized carbons (Fsp3) is 0.588. The highest BCUT2D eigenvalue weighted by Crippen LogP contribution is 2.09. The van der Waals surface area contributed by atoms with Gasteiger partial charge in [-0.05, 0) is 42.2 Å². The van der Waals surface area contributed by atoms with Crippen LogP contribution in [0.25, 0.3) is 0 Å². The first-order valence-corrected chi connectivity index (χ1v) is 18.4. The summed E-state index contributed by atoms with van der Waals surface area (Å²) in [6.07, 6.45) is 1.37. The third-order valence-corrected chi connectivity index (χ3v) is 8.36. The Kier molecular flexibility index (Phi) is 20.7. The number of carboxylic acids is 2. The lowest BCUT2D eigenvalue weighted by Gasteiger charge is -2.27. The zero-order valence-electron chi connectivity index (χ0n) is 30.5. The second-order valence-corrected chi connectivity index (χ2v) is 14.1. The van der Waals surface area contributed by atoms with Gasteiger partial charge in [0.1, 0.15) is 30.2 Å². The molecule has 0 aromatic heterocycles. The number of aliphatic hydroxyl groups excluding tert-OH is 1. The second-order valence-electron chi connectivity index (χ2n) is 13.1. The average molecular weight is 768 g/mol. The molecule has 0 heterocycles. The summed E-state index contributed by atoms with van der Waals surface area (Å²) >= 11 is 1.42. The first kappa shape index (κ1) is 46.3. The Morgan fingerprint density at radius 2 is 1.30 bits per heavy atom. The summed E-state index contributed by atoms with van der Waals surface area (Å²) in [5.41, 5.74) is 6.17. The minimum Gasteiger partial charge on any atom is -0.481 e. The van der Waals surface area contributed by atoms with Gasteiger partial charge < -0.3 is 53.0 Å². The fourth-order valence-corrected chi connectivity index (χ4v) is 5.34. The van der Waals surface area contributed by atoms with Crippen LogP contribution in [0.1, 0.15) is 52.5 Å². The Hall–Kier alpha value is -4.75. The third-order valence-electron chi connectivity index (χ3n) is 7.72. The number of thioether (sulfide) groups is 1. The molecule has 0 fully saturated rings. The Morgan fingerprint density at radius 1 is 0.736 bits per heavy atom. The van der Waals surface area contributed by atoms with Gasteiger partial charge in [0.15, 0.2) is 0 Å². The van der Waals surface area contributed by atoms with Crippen molar-refractivity contribution in [2.45, 2.75) is 89.6 Å². The van der Waals surface area contributed by atoms with Crippen LogP contribution in [0.3, 0.4) is 0 Å². The molecule has 1 aromatic carbocycles. The molecule has 0 unspecified atom stereocenters. The van der Waals surface area contributed by atoms with Crippen molar-refractivity contribution in [2.75, 3.05) is 25.2 Å². The van der Waals surface area contributed by atoms with E-state index in [1.54, 1.807) is 50.4 Å². The fourth-order valence-electron chi connectivity index (χ4n) is 4.86. The predicted molar refractivity (Wildman–Crippen MR) is 195 cm³/mol. The van der Waals surface area contributed by atoms with Crippen LogP contribution in [0.2, 0.25) is 0 Å². The van der Waals surface area contributed by atoms with Gasteiger partial charge in [0, 0.05) is 6.42 Å². The van der Waals surface area contributed by atoms with E-state index in [1.807, 2.05) is 13.8 Å². The number of nitrogens with one attached hydrogen (secondary N) is 6. The molecule has 1 rings (SSSR count). The molecular weight excluding hydrogens is 714 g/mol. The number of carbonyl (C=O) groups excluding carboxylic acids is 6. The molecular formula is C34H53N7O11S. The number of carboxylic acid groups (broad SMARTS) is 2. The van der Waals surface area contributed by atoms with Gasteiger partial charge in [-0.15, -0.1) is 0 Å². The van der Waals surface area contributed by atoms with Crippen molar-refractivity contribution < 1.29 is 53.7 Å². The Morgan fingerprint density at radius 3 is 1.83 bits per heavy atom. The first-order valence-electron chi connectivity index (χ1n) is 17.0. The van der Waals surface area contributed by atoms with Gasteiger partial charge in [0.05, 0.1) is 25.6 Å². The van der Waals surface area contributed by atoms with E-state index in [4.69, 9.17) is 10.8 Å².